The van der Waals surface area contributed by atoms with Crippen LogP contribution < -0.4 is 41.7 Å². The minimum absolute atomic E-state index is 0.203. The maximum absolute atomic E-state index is 11.9. The molecule has 432 valence electrons. The average Bonchev–Trinajstić information content (AvgIpc) is 3.47. The van der Waals surface area contributed by atoms with Crippen LogP contribution in [0.25, 0.3) is 23.0 Å². The molecule has 0 unspecified atom stereocenters. The molecule has 0 radical (unpaired) electrons. The molecule has 0 saturated heterocycles. The molecule has 0 amide bonds. The summed E-state index contributed by atoms with van der Waals surface area (Å²) in [7, 11) is 6.13. The van der Waals surface area contributed by atoms with Crippen LogP contribution in [-0.2, 0) is 54.6 Å². The average molecular weight is 1220 g/mol. The number of rotatable bonds is 16. The van der Waals surface area contributed by atoms with Crippen molar-refractivity contribution >= 4 is 45.7 Å². The highest BCUT2D eigenvalue weighted by molar-refractivity contribution is 7.10. The number of tetrazole rings is 4. The van der Waals surface area contributed by atoms with Gasteiger partial charge in [0.25, 0.3) is 0 Å². The number of ether oxygens (including phenoxy) is 4. The van der Waals surface area contributed by atoms with E-state index in [9.17, 15) is 19.2 Å². The van der Waals surface area contributed by atoms with Crippen molar-refractivity contribution in [2.45, 2.75) is 54.1 Å². The standard InChI is InChI=1S/C14H14N4O2S.2C13H13N5O2S.C12H12N6O2S/c1-10-5-3-4-6-12(10)20-9-13-11(7-8-21-13)18-14(19)17(2)15-16-18;1-9-5-3-4-6-11(9)20-8-12-10(7-14-21-12)18-13(19)17(2)15-16-18;1-9-5-3-4-6-10(9)20-7-11-12(14-8-21-11)18-13(19)17(2)15-16-18;1-8-5-3-4-6-9(8)20-7-10-11(13-16-21-10)18-12(19)17(2)14-15-18/h3-8H,9H2,1-2H3;3-7H,8H2,1-2H3;3-6,8H,7H2,1-2H3;3-6H,7H2,1-2H3/i4*3T. The highest BCUT2D eigenvalue weighted by atomic mass is 32.1. The van der Waals surface area contributed by atoms with Crippen LogP contribution in [0, 0.1) is 27.7 Å². The van der Waals surface area contributed by atoms with Crippen molar-refractivity contribution < 1.29 is 24.4 Å². The van der Waals surface area contributed by atoms with Crippen molar-refractivity contribution in [2.24, 2.45) is 28.2 Å². The first-order chi connectivity index (χ1) is 42.2. The Labute approximate surface area is 498 Å². The van der Waals surface area contributed by atoms with E-state index in [4.69, 9.17) is 24.4 Å². The smallest absolute Gasteiger partial charge is 0.369 e. The van der Waals surface area contributed by atoms with Gasteiger partial charge in [0.15, 0.2) is 5.82 Å². The van der Waals surface area contributed by atoms with Crippen LogP contribution in [0.2, 0.25) is 0 Å². The summed E-state index contributed by atoms with van der Waals surface area (Å²) >= 11 is 5.24. The molecule has 8 aromatic heterocycles. The number of para-hydroxylation sites is 4. The highest BCUT2D eigenvalue weighted by Crippen LogP contribution is 2.26. The summed E-state index contributed by atoms with van der Waals surface area (Å²) in [5.41, 5.74) is 5.03. The Hall–Kier alpha value is -9.92. The second-order valence-electron chi connectivity index (χ2n) is 17.6. The number of hydrogen-bond donors (Lipinski definition) is 0. The van der Waals surface area contributed by atoms with E-state index >= 15 is 0 Å². The Morgan fingerprint density at radius 3 is 1.29 bits per heavy atom. The molecule has 0 fully saturated rings. The predicted molar refractivity (Wildman–Crippen MR) is 311 cm³/mol. The summed E-state index contributed by atoms with van der Waals surface area (Å²) < 4.78 is 70.5. The van der Waals surface area contributed by atoms with Gasteiger partial charge < -0.3 is 18.9 Å². The van der Waals surface area contributed by atoms with Gasteiger partial charge in [0.05, 0.1) is 37.5 Å². The van der Waals surface area contributed by atoms with Gasteiger partial charge in [-0.3, -0.25) is 0 Å². The number of aryl methyl sites for hydroxylation is 8. The Kier molecular flexibility index (Phi) is 17.3. The quantitative estimate of drug-likeness (QED) is 0.119. The van der Waals surface area contributed by atoms with Crippen molar-refractivity contribution in [3.05, 3.63) is 204 Å². The maximum Gasteiger partial charge on any atom is 0.369 e. The third-order valence-corrected chi connectivity index (χ3v) is 14.9. The molecule has 4 aromatic carbocycles. The van der Waals surface area contributed by atoms with Gasteiger partial charge in [-0.2, -0.15) is 32.5 Å². The molecule has 84 heavy (non-hydrogen) atoms. The lowest BCUT2D eigenvalue weighted by molar-refractivity contribution is 0.306. The number of hydrogen-bond acceptors (Lipinski definition) is 24. The number of benzene rings is 4. The summed E-state index contributed by atoms with van der Waals surface area (Å²) in [6.07, 6.45) is 1.57. The van der Waals surface area contributed by atoms with E-state index in [1.807, 2.05) is 39.1 Å². The second kappa shape index (κ2) is 27.2. The third-order valence-electron chi connectivity index (χ3n) is 11.8. The SMILES string of the molecule is [3H]c1ccc(OCc2sccc2-n2nnn(C)c2=O)c(C)c1.[3H]c1ccc(OCc2scnc2-n2nnn(C)c2=O)c(C)c1.[3H]c1ccc(OCc2sncc2-n2nnn(C)c2=O)c(C)c1.[3H]c1ccc(OCc2snnc2-n2nnn(C)c2=O)c(C)c1. The molecular weight excluding hydrogens is 1160 g/mol. The van der Waals surface area contributed by atoms with Crippen LogP contribution in [0.15, 0.2) is 139 Å². The van der Waals surface area contributed by atoms with Crippen LogP contribution in [0.5, 0.6) is 23.0 Å². The fourth-order valence-electron chi connectivity index (χ4n) is 7.20. The van der Waals surface area contributed by atoms with Gasteiger partial charge in [0, 0.05) is 28.2 Å². The van der Waals surface area contributed by atoms with E-state index in [2.05, 4.69) is 60.7 Å². The van der Waals surface area contributed by atoms with Crippen molar-refractivity contribution in [1.82, 2.24) is 98.1 Å². The van der Waals surface area contributed by atoms with Crippen molar-refractivity contribution in [3.8, 4) is 46.0 Å². The van der Waals surface area contributed by atoms with Crippen LogP contribution in [0.1, 0.15) is 47.2 Å². The van der Waals surface area contributed by atoms with Crippen molar-refractivity contribution in [2.75, 3.05) is 0 Å². The first-order valence-electron chi connectivity index (χ1n) is 26.8. The first kappa shape index (κ1) is 53.4. The van der Waals surface area contributed by atoms with E-state index < -0.39 is 5.69 Å². The van der Waals surface area contributed by atoms with Crippen LogP contribution in [-0.4, -0.2) is 98.1 Å². The summed E-state index contributed by atoms with van der Waals surface area (Å²) in [4.78, 5) is 54.8. The lowest BCUT2D eigenvalue weighted by Gasteiger charge is -2.08. The van der Waals surface area contributed by atoms with Gasteiger partial charge >= 0.3 is 22.8 Å². The monoisotopic (exact) mass is 1220 g/mol. The number of thiazole rings is 1. The lowest BCUT2D eigenvalue weighted by Crippen LogP contribution is -2.23. The Morgan fingerprint density at radius 2 is 0.845 bits per heavy atom. The van der Waals surface area contributed by atoms with Gasteiger partial charge in [-0.15, -0.1) is 37.1 Å². The van der Waals surface area contributed by atoms with Gasteiger partial charge in [-0.05, 0) is 150 Å². The van der Waals surface area contributed by atoms with Gasteiger partial charge in [0.2, 0.25) is 5.82 Å². The van der Waals surface area contributed by atoms with E-state index in [0.717, 1.165) is 77.6 Å². The number of thiophene rings is 1. The molecule has 0 atom stereocenters. The molecule has 8 heterocycles. The summed E-state index contributed by atoms with van der Waals surface area (Å²) in [6, 6.07) is 24.2. The molecule has 0 saturated carbocycles. The van der Waals surface area contributed by atoms with E-state index in [0.29, 0.717) is 75.9 Å². The minimum Gasteiger partial charge on any atom is -0.488 e. The molecule has 0 aliphatic heterocycles. The minimum atomic E-state index is -0.399. The van der Waals surface area contributed by atoms with E-state index in [1.165, 1.54) is 69.4 Å². The number of nitrogens with zero attached hydrogens (tertiary/aromatic N) is 20. The van der Waals surface area contributed by atoms with Gasteiger partial charge in [-0.1, -0.05) is 77.2 Å². The van der Waals surface area contributed by atoms with Crippen LogP contribution in [0.3, 0.4) is 0 Å². The lowest BCUT2D eigenvalue weighted by atomic mass is 10.2. The van der Waals surface area contributed by atoms with Gasteiger partial charge in [0.1, 0.15) is 60.0 Å². The number of aromatic nitrogens is 20. The van der Waals surface area contributed by atoms with Crippen LogP contribution in [0.4, 0.5) is 0 Å². The first-order valence-corrected chi connectivity index (χ1v) is 28.1. The van der Waals surface area contributed by atoms with Gasteiger partial charge in [-0.25, -0.2) is 24.2 Å². The maximum atomic E-state index is 11.9. The molecule has 32 heteroatoms. The fourth-order valence-corrected chi connectivity index (χ4v) is 9.77. The normalized spacial score (nSPS) is 11.4. The Bertz CT molecular complexity index is 4050. The van der Waals surface area contributed by atoms with Crippen molar-refractivity contribution in [3.63, 3.8) is 0 Å². The molecule has 12 aromatic rings. The second-order valence-corrected chi connectivity index (χ2v) is 21.3. The topological polar surface area (TPSA) is 299 Å². The summed E-state index contributed by atoms with van der Waals surface area (Å²) in [6.45, 7) is 8.59. The zero-order valence-corrected chi connectivity index (χ0v) is 49.2. The van der Waals surface area contributed by atoms with Crippen LogP contribution >= 0.6 is 45.7 Å². The molecular formula is C52H52N20O8S4. The molecule has 12 rings (SSSR count). The molecule has 0 aliphatic rings. The zero-order valence-electron chi connectivity index (χ0n) is 49.9. The van der Waals surface area contributed by atoms with E-state index in [1.54, 1.807) is 91.6 Å². The Morgan fingerprint density at radius 1 is 0.440 bits per heavy atom. The third kappa shape index (κ3) is 13.9. The fraction of sp³-hybridized carbons (Fsp3) is 0.231. The molecule has 0 spiro atoms. The largest absolute Gasteiger partial charge is 0.488 e. The summed E-state index contributed by atoms with van der Waals surface area (Å²) in [5, 5.41) is 35.7. The highest BCUT2D eigenvalue weighted by Gasteiger charge is 2.19. The summed E-state index contributed by atoms with van der Waals surface area (Å²) in [5.74, 6) is 3.53. The molecule has 0 N–H and O–H groups in total. The predicted octanol–water partition coefficient (Wildman–Crippen LogP) is 5.24. The zero-order chi connectivity index (χ0) is 62.8. The molecule has 28 nitrogen and oxygen atoms in total. The Balaban J connectivity index is 0.000000140. The van der Waals surface area contributed by atoms with Crippen molar-refractivity contribution in [1.29, 1.82) is 0 Å². The molecule has 0 bridgehead atoms. The molecule has 0 aliphatic carbocycles. The van der Waals surface area contributed by atoms with E-state index in [-0.39, 0.29) is 36.9 Å².